The number of benzene rings is 2. The summed E-state index contributed by atoms with van der Waals surface area (Å²) in [4.78, 5) is 14.3. The highest BCUT2D eigenvalue weighted by molar-refractivity contribution is 9.10. The van der Waals surface area contributed by atoms with Crippen molar-refractivity contribution in [2.45, 2.75) is 12.6 Å². The predicted molar refractivity (Wildman–Crippen MR) is 101 cm³/mol. The molecule has 2 aromatic carbocycles. The van der Waals surface area contributed by atoms with E-state index in [-0.39, 0.29) is 12.1 Å². The van der Waals surface area contributed by atoms with Crippen LogP contribution in [-0.4, -0.2) is 30.6 Å². The zero-order valence-electron chi connectivity index (χ0n) is 13.0. The van der Waals surface area contributed by atoms with E-state index in [9.17, 15) is 4.79 Å². The normalized spacial score (nSPS) is 17.6. The molecule has 1 fully saturated rings. The highest BCUT2D eigenvalue weighted by Crippen LogP contribution is 2.24. The summed E-state index contributed by atoms with van der Waals surface area (Å²) in [6.07, 6.45) is -0.0899. The van der Waals surface area contributed by atoms with Crippen molar-refractivity contribution in [2.24, 2.45) is 0 Å². The average Bonchev–Trinajstić information content (AvgIpc) is 2.60. The van der Waals surface area contributed by atoms with Crippen LogP contribution < -0.4 is 5.32 Å². The second kappa shape index (κ2) is 8.14. The number of amides is 2. The second-order valence-corrected chi connectivity index (χ2v) is 7.48. The lowest BCUT2D eigenvalue weighted by Crippen LogP contribution is -2.46. The van der Waals surface area contributed by atoms with Gasteiger partial charge < -0.3 is 15.0 Å². The van der Waals surface area contributed by atoms with Crippen LogP contribution in [0.3, 0.4) is 0 Å². The standard InChI is InChI=1S/C18H18Br2N2O2/c19-15-5-1-3-13(9-15)11-21-18(23)22-7-8-24-17(12-22)14-4-2-6-16(20)10-14/h1-6,9-10,17H,7-8,11-12H2,(H,21,23). The van der Waals surface area contributed by atoms with Gasteiger partial charge in [-0.05, 0) is 35.4 Å². The number of ether oxygens (including phenoxy) is 1. The maximum absolute atomic E-state index is 12.4. The van der Waals surface area contributed by atoms with Gasteiger partial charge in [-0.15, -0.1) is 0 Å². The molecule has 0 saturated carbocycles. The SMILES string of the molecule is O=C(NCc1cccc(Br)c1)N1CCOC(c2cccc(Br)c2)C1. The maximum atomic E-state index is 12.4. The quantitative estimate of drug-likeness (QED) is 0.743. The summed E-state index contributed by atoms with van der Waals surface area (Å²) in [6, 6.07) is 15.9. The molecule has 0 radical (unpaired) electrons. The topological polar surface area (TPSA) is 41.6 Å². The van der Waals surface area contributed by atoms with Crippen LogP contribution in [-0.2, 0) is 11.3 Å². The van der Waals surface area contributed by atoms with Crippen molar-refractivity contribution in [1.82, 2.24) is 10.2 Å². The Morgan fingerprint density at radius 3 is 2.67 bits per heavy atom. The van der Waals surface area contributed by atoms with E-state index in [0.29, 0.717) is 26.2 Å². The summed E-state index contributed by atoms with van der Waals surface area (Å²) < 4.78 is 7.85. The van der Waals surface area contributed by atoms with Crippen LogP contribution in [0, 0.1) is 0 Å². The molecule has 3 rings (SSSR count). The number of halogens is 2. The van der Waals surface area contributed by atoms with Crippen LogP contribution in [0.2, 0.25) is 0 Å². The number of hydrogen-bond acceptors (Lipinski definition) is 2. The summed E-state index contributed by atoms with van der Waals surface area (Å²) in [7, 11) is 0. The molecule has 1 aliphatic rings. The van der Waals surface area contributed by atoms with Crippen molar-refractivity contribution in [2.75, 3.05) is 19.7 Å². The van der Waals surface area contributed by atoms with Crippen LogP contribution in [0.4, 0.5) is 4.79 Å². The van der Waals surface area contributed by atoms with Gasteiger partial charge in [0, 0.05) is 22.0 Å². The molecule has 0 aliphatic carbocycles. The minimum Gasteiger partial charge on any atom is -0.370 e. The average molecular weight is 454 g/mol. The van der Waals surface area contributed by atoms with E-state index in [2.05, 4.69) is 37.2 Å². The molecule has 1 heterocycles. The molecule has 6 heteroatoms. The Morgan fingerprint density at radius 1 is 1.17 bits per heavy atom. The third kappa shape index (κ3) is 4.59. The van der Waals surface area contributed by atoms with E-state index >= 15 is 0 Å². The van der Waals surface area contributed by atoms with E-state index in [0.717, 1.165) is 20.1 Å². The van der Waals surface area contributed by atoms with Crippen molar-refractivity contribution in [1.29, 1.82) is 0 Å². The molecule has 0 aromatic heterocycles. The van der Waals surface area contributed by atoms with E-state index in [4.69, 9.17) is 4.74 Å². The summed E-state index contributed by atoms with van der Waals surface area (Å²) in [5.74, 6) is 0. The van der Waals surface area contributed by atoms with Gasteiger partial charge in [0.05, 0.1) is 13.2 Å². The first-order chi connectivity index (χ1) is 11.6. The summed E-state index contributed by atoms with van der Waals surface area (Å²) >= 11 is 6.92. The van der Waals surface area contributed by atoms with Crippen molar-refractivity contribution in [3.8, 4) is 0 Å². The Labute approximate surface area is 158 Å². The Kier molecular flexibility index (Phi) is 5.92. The highest BCUT2D eigenvalue weighted by Gasteiger charge is 2.25. The molecule has 24 heavy (non-hydrogen) atoms. The van der Waals surface area contributed by atoms with Crippen molar-refractivity contribution in [3.05, 3.63) is 68.6 Å². The summed E-state index contributed by atoms with van der Waals surface area (Å²) in [5.41, 5.74) is 2.14. The predicted octanol–water partition coefficient (Wildman–Crippen LogP) is 4.49. The molecule has 2 amide bonds. The second-order valence-electron chi connectivity index (χ2n) is 5.65. The lowest BCUT2D eigenvalue weighted by atomic mass is 10.1. The van der Waals surface area contributed by atoms with Crippen LogP contribution in [0.15, 0.2) is 57.5 Å². The van der Waals surface area contributed by atoms with Crippen molar-refractivity contribution in [3.63, 3.8) is 0 Å². The van der Waals surface area contributed by atoms with Gasteiger partial charge in [-0.1, -0.05) is 56.1 Å². The van der Waals surface area contributed by atoms with Gasteiger partial charge in [-0.2, -0.15) is 0 Å². The zero-order valence-corrected chi connectivity index (χ0v) is 16.2. The van der Waals surface area contributed by atoms with Crippen molar-refractivity contribution < 1.29 is 9.53 Å². The Hall–Kier alpha value is -1.37. The van der Waals surface area contributed by atoms with Crippen molar-refractivity contribution >= 4 is 37.9 Å². The number of carbonyl (C=O) groups excluding carboxylic acids is 1. The monoisotopic (exact) mass is 452 g/mol. The molecule has 0 spiro atoms. The van der Waals surface area contributed by atoms with Gasteiger partial charge in [0.2, 0.25) is 0 Å². The molecule has 1 atom stereocenters. The smallest absolute Gasteiger partial charge is 0.317 e. The number of urea groups is 1. The lowest BCUT2D eigenvalue weighted by molar-refractivity contribution is -0.0155. The number of morpholine rings is 1. The largest absolute Gasteiger partial charge is 0.370 e. The minimum absolute atomic E-state index is 0.0572. The van der Waals surface area contributed by atoms with E-state index in [1.807, 2.05) is 53.4 Å². The zero-order chi connectivity index (χ0) is 16.9. The Morgan fingerprint density at radius 2 is 1.92 bits per heavy atom. The summed E-state index contributed by atoms with van der Waals surface area (Å²) in [6.45, 7) is 2.22. The maximum Gasteiger partial charge on any atom is 0.317 e. The molecule has 0 bridgehead atoms. The fraction of sp³-hybridized carbons (Fsp3) is 0.278. The van der Waals surface area contributed by atoms with Gasteiger partial charge in [0.25, 0.3) is 0 Å². The first-order valence-electron chi connectivity index (χ1n) is 7.76. The van der Waals surface area contributed by atoms with E-state index in [1.165, 1.54) is 0 Å². The number of nitrogens with one attached hydrogen (secondary N) is 1. The van der Waals surface area contributed by atoms with Gasteiger partial charge in [0.1, 0.15) is 6.10 Å². The lowest BCUT2D eigenvalue weighted by Gasteiger charge is -2.33. The molecule has 126 valence electrons. The fourth-order valence-electron chi connectivity index (χ4n) is 2.68. The molecule has 1 aliphatic heterocycles. The third-order valence-electron chi connectivity index (χ3n) is 3.91. The highest BCUT2D eigenvalue weighted by atomic mass is 79.9. The first-order valence-corrected chi connectivity index (χ1v) is 9.35. The number of nitrogens with zero attached hydrogens (tertiary/aromatic N) is 1. The first kappa shape index (κ1) is 17.5. The molecule has 1 unspecified atom stereocenters. The van der Waals surface area contributed by atoms with Gasteiger partial charge in [0.15, 0.2) is 0 Å². The Balaban J connectivity index is 1.59. The van der Waals surface area contributed by atoms with E-state index < -0.39 is 0 Å². The van der Waals surface area contributed by atoms with Gasteiger partial charge in [-0.3, -0.25) is 0 Å². The molecular formula is C18H18Br2N2O2. The van der Waals surface area contributed by atoms with Crippen LogP contribution in [0.25, 0.3) is 0 Å². The van der Waals surface area contributed by atoms with Crippen LogP contribution in [0.5, 0.6) is 0 Å². The fourth-order valence-corrected chi connectivity index (χ4v) is 3.54. The third-order valence-corrected chi connectivity index (χ3v) is 4.89. The van der Waals surface area contributed by atoms with Gasteiger partial charge in [-0.25, -0.2) is 4.79 Å². The number of rotatable bonds is 3. The molecule has 1 saturated heterocycles. The molecule has 1 N–H and O–H groups in total. The van der Waals surface area contributed by atoms with Gasteiger partial charge >= 0.3 is 6.03 Å². The minimum atomic E-state index is -0.0899. The van der Waals surface area contributed by atoms with Crippen LogP contribution in [0.1, 0.15) is 17.2 Å². The molecule has 4 nitrogen and oxygen atoms in total. The molecular weight excluding hydrogens is 436 g/mol. The summed E-state index contributed by atoms with van der Waals surface area (Å²) in [5, 5.41) is 2.98. The number of carbonyl (C=O) groups is 1. The Bertz CT molecular complexity index is 724. The van der Waals surface area contributed by atoms with E-state index in [1.54, 1.807) is 0 Å². The number of hydrogen-bond donors (Lipinski definition) is 1. The van der Waals surface area contributed by atoms with Crippen LogP contribution >= 0.6 is 31.9 Å². The molecule has 2 aromatic rings.